The van der Waals surface area contributed by atoms with Crippen LogP contribution in [0.4, 0.5) is 5.69 Å². The first-order valence-corrected chi connectivity index (χ1v) is 14.0. The maximum atomic E-state index is 13.5. The molecule has 4 N–H and O–H groups in total. The minimum Gasteiger partial charge on any atom is -0.468 e. The number of dihydropyridines is 1. The molecule has 0 spiro atoms. The first kappa shape index (κ1) is 30.4. The Morgan fingerprint density at radius 1 is 1.05 bits per heavy atom. The van der Waals surface area contributed by atoms with E-state index >= 15 is 0 Å². The molecule has 1 unspecified atom stereocenters. The number of hydrogen-bond donors (Lipinski definition) is 3. The van der Waals surface area contributed by atoms with E-state index in [0.29, 0.717) is 48.3 Å². The highest BCUT2D eigenvalue weighted by Gasteiger charge is 2.43. The van der Waals surface area contributed by atoms with E-state index in [1.807, 2.05) is 30.3 Å². The van der Waals surface area contributed by atoms with Crippen LogP contribution in [0, 0.1) is 10.1 Å². The molecule has 2 heterocycles. The lowest BCUT2D eigenvalue weighted by molar-refractivity contribution is -0.384. The molecule has 2 aliphatic heterocycles. The monoisotopic (exact) mass is 575 g/mol. The maximum Gasteiger partial charge on any atom is 0.316 e. The number of non-ortho nitro benzene ring substituents is 1. The second-order valence-corrected chi connectivity index (χ2v) is 10.7. The molecule has 1 fully saturated rings. The number of nitro benzene ring substituents is 1. The van der Waals surface area contributed by atoms with Crippen LogP contribution in [0.15, 0.2) is 77.1 Å². The van der Waals surface area contributed by atoms with Gasteiger partial charge in [0.2, 0.25) is 11.8 Å². The van der Waals surface area contributed by atoms with Crippen molar-refractivity contribution in [1.82, 2.24) is 15.5 Å². The van der Waals surface area contributed by atoms with Gasteiger partial charge in [0, 0.05) is 47.1 Å². The Labute approximate surface area is 244 Å². The van der Waals surface area contributed by atoms with E-state index < -0.39 is 22.2 Å². The van der Waals surface area contributed by atoms with Crippen LogP contribution in [0.1, 0.15) is 50.2 Å². The number of ether oxygens (including phenoxy) is 1. The van der Waals surface area contributed by atoms with Crippen molar-refractivity contribution in [3.8, 4) is 0 Å². The molecule has 1 saturated heterocycles. The molecule has 11 heteroatoms. The number of nitrogens with zero attached hydrogens (tertiary/aromatic N) is 2. The van der Waals surface area contributed by atoms with Crippen molar-refractivity contribution in [2.75, 3.05) is 33.3 Å². The Balaban J connectivity index is 1.40. The van der Waals surface area contributed by atoms with E-state index in [-0.39, 0.29) is 23.1 Å². The molecule has 222 valence electrons. The summed E-state index contributed by atoms with van der Waals surface area (Å²) in [6, 6.07) is 15.5. The SMILES string of the molecule is COC(=O)C1(c2ccccc2)CCN(CCCNC(=O)C2=C(C)NC(C)=C(C(N)=O)C2c2ccc([N+](=O)[O-])cc2)CC1. The summed E-state index contributed by atoms with van der Waals surface area (Å²) >= 11 is 0. The molecule has 1 atom stereocenters. The first-order valence-electron chi connectivity index (χ1n) is 14.0. The van der Waals surface area contributed by atoms with Crippen LogP contribution >= 0.6 is 0 Å². The Bertz CT molecular complexity index is 1410. The number of carbonyl (C=O) groups excluding carboxylic acids is 3. The molecule has 2 aromatic rings. The fourth-order valence-electron chi connectivity index (χ4n) is 6.06. The van der Waals surface area contributed by atoms with Gasteiger partial charge in [-0.25, -0.2) is 0 Å². The minimum absolute atomic E-state index is 0.0916. The largest absolute Gasteiger partial charge is 0.468 e. The Morgan fingerprint density at radius 2 is 1.67 bits per heavy atom. The minimum atomic E-state index is -0.768. The van der Waals surface area contributed by atoms with E-state index in [1.54, 1.807) is 26.0 Å². The number of likely N-dealkylation sites (tertiary alicyclic amines) is 1. The number of rotatable bonds is 10. The van der Waals surface area contributed by atoms with Gasteiger partial charge in [0.05, 0.1) is 17.4 Å². The van der Waals surface area contributed by atoms with Crippen LogP contribution in [0.25, 0.3) is 0 Å². The molecular weight excluding hydrogens is 538 g/mol. The summed E-state index contributed by atoms with van der Waals surface area (Å²) in [4.78, 5) is 51.7. The predicted octanol–water partition coefficient (Wildman–Crippen LogP) is 3.03. The number of esters is 1. The Morgan fingerprint density at radius 3 is 2.24 bits per heavy atom. The average molecular weight is 576 g/mol. The van der Waals surface area contributed by atoms with E-state index in [2.05, 4.69) is 15.5 Å². The number of primary amides is 1. The molecule has 42 heavy (non-hydrogen) atoms. The lowest BCUT2D eigenvalue weighted by Gasteiger charge is -2.40. The zero-order valence-corrected chi connectivity index (χ0v) is 24.1. The summed E-state index contributed by atoms with van der Waals surface area (Å²) in [6.07, 6.45) is 1.97. The highest BCUT2D eigenvalue weighted by atomic mass is 16.6. The normalized spacial score (nSPS) is 18.7. The number of carbonyl (C=O) groups is 3. The van der Waals surface area contributed by atoms with Crippen molar-refractivity contribution in [2.24, 2.45) is 5.73 Å². The van der Waals surface area contributed by atoms with Gasteiger partial charge in [0.25, 0.3) is 5.69 Å². The third-order valence-corrected chi connectivity index (χ3v) is 8.26. The molecule has 0 radical (unpaired) electrons. The van der Waals surface area contributed by atoms with Crippen molar-refractivity contribution in [1.29, 1.82) is 0 Å². The van der Waals surface area contributed by atoms with Crippen molar-refractivity contribution < 1.29 is 24.0 Å². The van der Waals surface area contributed by atoms with Gasteiger partial charge in [-0.2, -0.15) is 0 Å². The summed E-state index contributed by atoms with van der Waals surface area (Å²) in [5.74, 6) is -2.00. The second kappa shape index (κ2) is 13.0. The molecule has 0 bridgehead atoms. The van der Waals surface area contributed by atoms with Crippen LogP contribution in [-0.2, 0) is 24.5 Å². The van der Waals surface area contributed by atoms with Gasteiger partial charge in [-0.15, -0.1) is 0 Å². The first-order chi connectivity index (χ1) is 20.1. The number of nitrogens with two attached hydrogens (primary N) is 1. The molecule has 11 nitrogen and oxygen atoms in total. The van der Waals surface area contributed by atoms with Gasteiger partial charge in [-0.3, -0.25) is 24.5 Å². The number of nitrogens with one attached hydrogen (secondary N) is 2. The number of nitro groups is 1. The van der Waals surface area contributed by atoms with Gasteiger partial charge in [-0.1, -0.05) is 42.5 Å². The molecule has 0 aromatic heterocycles. The van der Waals surface area contributed by atoms with Crippen LogP contribution in [-0.4, -0.2) is 60.9 Å². The summed E-state index contributed by atoms with van der Waals surface area (Å²) in [6.45, 7) is 6.04. The quantitative estimate of drug-likeness (QED) is 0.169. The maximum absolute atomic E-state index is 13.5. The number of allylic oxidation sites excluding steroid dienone is 2. The van der Waals surface area contributed by atoms with Crippen LogP contribution in [0.3, 0.4) is 0 Å². The van der Waals surface area contributed by atoms with Crippen molar-refractivity contribution in [3.63, 3.8) is 0 Å². The third-order valence-electron chi connectivity index (χ3n) is 8.26. The van der Waals surface area contributed by atoms with Gasteiger partial charge in [-0.05, 0) is 63.9 Å². The summed E-state index contributed by atoms with van der Waals surface area (Å²) in [5, 5.41) is 17.2. The van der Waals surface area contributed by atoms with E-state index in [9.17, 15) is 24.5 Å². The number of hydrogen-bond acceptors (Lipinski definition) is 8. The molecule has 2 aliphatic rings. The van der Waals surface area contributed by atoms with E-state index in [1.165, 1.54) is 19.2 Å². The smallest absolute Gasteiger partial charge is 0.316 e. The highest BCUT2D eigenvalue weighted by Crippen LogP contribution is 2.39. The van der Waals surface area contributed by atoms with Crippen LogP contribution < -0.4 is 16.4 Å². The van der Waals surface area contributed by atoms with Crippen LogP contribution in [0.2, 0.25) is 0 Å². The van der Waals surface area contributed by atoms with E-state index in [4.69, 9.17) is 10.5 Å². The fraction of sp³-hybridized carbons (Fsp3) is 0.387. The molecule has 0 saturated carbocycles. The van der Waals surface area contributed by atoms with Crippen molar-refractivity contribution in [3.05, 3.63) is 98.4 Å². The molecule has 2 amide bonds. The van der Waals surface area contributed by atoms with Gasteiger partial charge in [0.1, 0.15) is 0 Å². The topological polar surface area (TPSA) is 157 Å². The van der Waals surface area contributed by atoms with Gasteiger partial charge < -0.3 is 26.0 Å². The third kappa shape index (κ3) is 6.20. The number of piperidine rings is 1. The number of benzene rings is 2. The Kier molecular flexibility index (Phi) is 9.41. The predicted molar refractivity (Wildman–Crippen MR) is 157 cm³/mol. The summed E-state index contributed by atoms with van der Waals surface area (Å²) < 4.78 is 5.18. The molecule has 0 aliphatic carbocycles. The lowest BCUT2D eigenvalue weighted by Crippen LogP contribution is -2.48. The second-order valence-electron chi connectivity index (χ2n) is 10.7. The van der Waals surface area contributed by atoms with Gasteiger partial charge >= 0.3 is 5.97 Å². The number of methoxy groups -OCH3 is 1. The van der Waals surface area contributed by atoms with E-state index in [0.717, 1.165) is 25.2 Å². The summed E-state index contributed by atoms with van der Waals surface area (Å²) in [7, 11) is 1.43. The number of amides is 2. The Hall–Kier alpha value is -4.51. The van der Waals surface area contributed by atoms with Crippen LogP contribution in [0.5, 0.6) is 0 Å². The molecule has 2 aromatic carbocycles. The van der Waals surface area contributed by atoms with Gasteiger partial charge in [0.15, 0.2) is 0 Å². The molecular formula is C31H37N5O6. The summed E-state index contributed by atoms with van der Waals surface area (Å²) in [5.41, 5.74) is 8.19. The van der Waals surface area contributed by atoms with Crippen molar-refractivity contribution in [2.45, 2.75) is 44.4 Å². The average Bonchev–Trinajstić information content (AvgIpc) is 2.99. The lowest BCUT2D eigenvalue weighted by atomic mass is 9.72. The molecule has 4 rings (SSSR count). The highest BCUT2D eigenvalue weighted by molar-refractivity contribution is 6.03. The zero-order valence-electron chi connectivity index (χ0n) is 24.1. The van der Waals surface area contributed by atoms with Crippen molar-refractivity contribution >= 4 is 23.5 Å². The zero-order chi connectivity index (χ0) is 30.4. The standard InChI is InChI=1S/C31H37N5O6/c1-20-25(28(32)37)27(22-10-12-24(13-11-22)36(40)41)26(21(2)34-20)29(38)33-16-7-17-35-18-14-31(15-19-35,30(39)42-3)23-8-5-4-6-9-23/h4-6,8-13,27,34H,7,14-19H2,1-3H3,(H2,32,37)(H,33,38). The fourth-order valence-corrected chi connectivity index (χ4v) is 6.06.